The average Bonchev–Trinajstić information content (AvgIpc) is 3.18. The number of imide groups is 1. The number of rotatable bonds is 2. The Morgan fingerprint density at radius 1 is 0.962 bits per heavy atom. The first-order valence-corrected chi connectivity index (χ1v) is 9.21. The van der Waals surface area contributed by atoms with Crippen molar-refractivity contribution in [3.05, 3.63) is 71.3 Å². The molecule has 3 aliphatic heterocycles. The van der Waals surface area contributed by atoms with Crippen LogP contribution in [0.2, 0.25) is 0 Å². The van der Waals surface area contributed by atoms with E-state index in [1.54, 1.807) is 0 Å². The summed E-state index contributed by atoms with van der Waals surface area (Å²) in [4.78, 5) is 30.1. The highest BCUT2D eigenvalue weighted by atomic mass is 16.2. The van der Waals surface area contributed by atoms with Gasteiger partial charge in [-0.1, -0.05) is 48.5 Å². The Labute approximate surface area is 152 Å². The summed E-state index contributed by atoms with van der Waals surface area (Å²) in [6, 6.07) is 18.0. The molecule has 2 aromatic carbocycles. The number of likely N-dealkylation sites (tertiary alicyclic amines) is 1. The van der Waals surface area contributed by atoms with Crippen LogP contribution in [0, 0.1) is 5.92 Å². The molecule has 4 heteroatoms. The van der Waals surface area contributed by atoms with Crippen molar-refractivity contribution in [3.63, 3.8) is 0 Å². The first kappa shape index (κ1) is 15.4. The molecular formula is C22H20N2O2. The van der Waals surface area contributed by atoms with E-state index >= 15 is 0 Å². The van der Waals surface area contributed by atoms with Crippen molar-refractivity contribution < 1.29 is 9.59 Å². The number of hydrogen-bond acceptors (Lipinski definition) is 3. The molecule has 2 aromatic rings. The van der Waals surface area contributed by atoms with Crippen LogP contribution in [0.5, 0.6) is 0 Å². The number of carbonyl (C=O) groups excluding carboxylic acids is 2. The average molecular weight is 344 g/mol. The summed E-state index contributed by atoms with van der Waals surface area (Å²) in [5, 5.41) is 0. The lowest BCUT2D eigenvalue weighted by molar-refractivity contribution is -0.139. The van der Waals surface area contributed by atoms with Gasteiger partial charge in [-0.2, -0.15) is 0 Å². The van der Waals surface area contributed by atoms with Crippen LogP contribution in [-0.4, -0.2) is 29.3 Å². The zero-order valence-electron chi connectivity index (χ0n) is 14.5. The molecule has 0 N–H and O–H groups in total. The quantitative estimate of drug-likeness (QED) is 0.786. The Balaban J connectivity index is 1.58. The van der Waals surface area contributed by atoms with Gasteiger partial charge in [-0.15, -0.1) is 0 Å². The maximum atomic E-state index is 13.2. The third kappa shape index (κ3) is 2.22. The van der Waals surface area contributed by atoms with Crippen molar-refractivity contribution in [3.8, 4) is 0 Å². The van der Waals surface area contributed by atoms with Crippen molar-refractivity contribution >= 4 is 23.6 Å². The second kappa shape index (κ2) is 5.84. The minimum atomic E-state index is -0.346. The second-order valence-electron chi connectivity index (χ2n) is 7.25. The molecule has 3 heterocycles. The zero-order valence-corrected chi connectivity index (χ0v) is 14.5. The minimum absolute atomic E-state index is 0.0465. The van der Waals surface area contributed by atoms with E-state index in [9.17, 15) is 9.59 Å². The molecule has 2 fully saturated rings. The molecule has 0 aliphatic carbocycles. The van der Waals surface area contributed by atoms with Gasteiger partial charge >= 0.3 is 0 Å². The fourth-order valence-corrected chi connectivity index (χ4v) is 4.61. The van der Waals surface area contributed by atoms with E-state index < -0.39 is 0 Å². The van der Waals surface area contributed by atoms with Crippen molar-refractivity contribution in [2.75, 3.05) is 11.4 Å². The third-order valence-corrected chi connectivity index (χ3v) is 5.78. The van der Waals surface area contributed by atoms with E-state index in [4.69, 9.17) is 0 Å². The fraction of sp³-hybridized carbons (Fsp3) is 0.273. The zero-order chi connectivity index (χ0) is 17.7. The molecule has 5 rings (SSSR count). The van der Waals surface area contributed by atoms with Gasteiger partial charge in [-0.3, -0.25) is 14.5 Å². The molecule has 130 valence electrons. The lowest BCUT2D eigenvalue weighted by Gasteiger charge is -2.29. The number of fused-ring (bicyclic) bond motifs is 5. The molecular weight excluding hydrogens is 324 g/mol. The van der Waals surface area contributed by atoms with Gasteiger partial charge in [0.05, 0.1) is 12.5 Å². The van der Waals surface area contributed by atoms with Crippen LogP contribution in [0.3, 0.4) is 0 Å². The molecule has 0 radical (unpaired) electrons. The minimum Gasteiger partial charge on any atom is -0.367 e. The number of benzene rings is 2. The first-order valence-electron chi connectivity index (χ1n) is 9.21. The Kier molecular flexibility index (Phi) is 3.45. The van der Waals surface area contributed by atoms with E-state index in [-0.39, 0.29) is 23.8 Å². The van der Waals surface area contributed by atoms with E-state index in [0.717, 1.165) is 36.2 Å². The number of hydrogen-bond donors (Lipinski definition) is 0. The lowest BCUT2D eigenvalue weighted by atomic mass is 9.91. The van der Waals surface area contributed by atoms with Crippen LogP contribution < -0.4 is 4.90 Å². The maximum absolute atomic E-state index is 13.2. The standard InChI is InChI=1S/C22H20N2O2/c25-21-17-13-16-9-4-5-10-18(16)23-12-6-11-19(23)20(17)22(26)24(21)14-15-7-2-1-3-8-15/h1-5,7-10,13,19-20H,6,11-12,14H2. The van der Waals surface area contributed by atoms with Crippen LogP contribution in [0.25, 0.3) is 6.08 Å². The molecule has 0 spiro atoms. The smallest absolute Gasteiger partial charge is 0.257 e. The summed E-state index contributed by atoms with van der Waals surface area (Å²) >= 11 is 0. The van der Waals surface area contributed by atoms with Gasteiger partial charge < -0.3 is 4.90 Å². The van der Waals surface area contributed by atoms with E-state index in [1.165, 1.54) is 4.90 Å². The highest BCUT2D eigenvalue weighted by Crippen LogP contribution is 2.43. The number of carbonyl (C=O) groups is 2. The summed E-state index contributed by atoms with van der Waals surface area (Å²) in [6.45, 7) is 1.29. The summed E-state index contributed by atoms with van der Waals surface area (Å²) < 4.78 is 0. The fourth-order valence-electron chi connectivity index (χ4n) is 4.61. The van der Waals surface area contributed by atoms with Crippen LogP contribution in [0.4, 0.5) is 5.69 Å². The molecule has 2 unspecified atom stereocenters. The molecule has 0 saturated carbocycles. The van der Waals surface area contributed by atoms with Gasteiger partial charge in [-0.05, 0) is 36.1 Å². The van der Waals surface area contributed by atoms with E-state index in [0.29, 0.717) is 12.1 Å². The maximum Gasteiger partial charge on any atom is 0.257 e. The van der Waals surface area contributed by atoms with Crippen LogP contribution >= 0.6 is 0 Å². The largest absolute Gasteiger partial charge is 0.367 e. The number of nitrogens with zero attached hydrogens (tertiary/aromatic N) is 2. The van der Waals surface area contributed by atoms with Gasteiger partial charge in [0.25, 0.3) is 5.91 Å². The van der Waals surface area contributed by atoms with E-state index in [2.05, 4.69) is 11.0 Å². The van der Waals surface area contributed by atoms with Crippen molar-refractivity contribution in [1.29, 1.82) is 0 Å². The molecule has 2 atom stereocenters. The molecule has 2 amide bonds. The van der Waals surface area contributed by atoms with Crippen molar-refractivity contribution in [1.82, 2.24) is 4.90 Å². The predicted molar refractivity (Wildman–Crippen MR) is 100 cm³/mol. The number of amides is 2. The van der Waals surface area contributed by atoms with Crippen LogP contribution in [0.15, 0.2) is 60.2 Å². The summed E-state index contributed by atoms with van der Waals surface area (Å²) in [7, 11) is 0. The Morgan fingerprint density at radius 3 is 2.58 bits per heavy atom. The summed E-state index contributed by atoms with van der Waals surface area (Å²) in [6.07, 6.45) is 3.96. The molecule has 26 heavy (non-hydrogen) atoms. The topological polar surface area (TPSA) is 40.6 Å². The highest BCUT2D eigenvalue weighted by Gasteiger charge is 2.50. The van der Waals surface area contributed by atoms with E-state index in [1.807, 2.05) is 54.6 Å². The number of para-hydroxylation sites is 1. The highest BCUT2D eigenvalue weighted by molar-refractivity contribution is 6.18. The van der Waals surface area contributed by atoms with Crippen LogP contribution in [0.1, 0.15) is 24.0 Å². The van der Waals surface area contributed by atoms with Gasteiger partial charge in [0, 0.05) is 23.8 Å². The SMILES string of the molecule is O=C1C2=Cc3ccccc3N3CCCC3C2C(=O)N1Cc1ccccc1. The lowest BCUT2D eigenvalue weighted by Crippen LogP contribution is -2.40. The third-order valence-electron chi connectivity index (χ3n) is 5.78. The molecule has 3 aliphatic rings. The molecule has 0 aromatic heterocycles. The predicted octanol–water partition coefficient (Wildman–Crippen LogP) is 3.24. The van der Waals surface area contributed by atoms with Gasteiger partial charge in [0.15, 0.2) is 0 Å². The number of anilines is 1. The molecule has 2 saturated heterocycles. The first-order chi connectivity index (χ1) is 12.7. The summed E-state index contributed by atoms with van der Waals surface area (Å²) in [5.41, 5.74) is 3.83. The second-order valence-corrected chi connectivity index (χ2v) is 7.25. The summed E-state index contributed by atoms with van der Waals surface area (Å²) in [5.74, 6) is -0.525. The van der Waals surface area contributed by atoms with Gasteiger partial charge in [-0.25, -0.2) is 0 Å². The normalized spacial score (nSPS) is 24.1. The van der Waals surface area contributed by atoms with Crippen molar-refractivity contribution in [2.45, 2.75) is 25.4 Å². The Bertz CT molecular complexity index is 919. The van der Waals surface area contributed by atoms with Gasteiger partial charge in [0.1, 0.15) is 0 Å². The van der Waals surface area contributed by atoms with Crippen molar-refractivity contribution in [2.24, 2.45) is 5.92 Å². The molecule has 0 bridgehead atoms. The molecule has 4 nitrogen and oxygen atoms in total. The van der Waals surface area contributed by atoms with Crippen LogP contribution in [-0.2, 0) is 16.1 Å². The monoisotopic (exact) mass is 344 g/mol. The Hall–Kier alpha value is -2.88. The Morgan fingerprint density at radius 2 is 1.73 bits per heavy atom. The van der Waals surface area contributed by atoms with Gasteiger partial charge in [0.2, 0.25) is 5.91 Å².